The number of hydrogen-bond donors (Lipinski definition) is 0. The van der Waals surface area contributed by atoms with Gasteiger partial charge in [-0.2, -0.15) is 13.2 Å². The van der Waals surface area contributed by atoms with Crippen LogP contribution in [-0.4, -0.2) is 51.9 Å². The predicted octanol–water partition coefficient (Wildman–Crippen LogP) is 4.39. The lowest BCUT2D eigenvalue weighted by Gasteiger charge is -2.37. The lowest BCUT2D eigenvalue weighted by molar-refractivity contribution is -0.137. The van der Waals surface area contributed by atoms with Gasteiger partial charge >= 0.3 is 6.18 Å². The third-order valence-electron chi connectivity index (χ3n) is 5.90. The highest BCUT2D eigenvalue weighted by molar-refractivity contribution is 7.92. The fraction of sp³-hybridized carbons (Fsp3) is 0.240. The summed E-state index contributed by atoms with van der Waals surface area (Å²) in [6, 6.07) is 17.4. The molecular formula is C25H23F4N3O3S. The molecule has 1 aliphatic heterocycles. The molecule has 1 saturated heterocycles. The molecule has 0 atom stereocenters. The molecule has 36 heavy (non-hydrogen) atoms. The van der Waals surface area contributed by atoms with Crippen LogP contribution >= 0.6 is 0 Å². The fourth-order valence-electron chi connectivity index (χ4n) is 3.96. The van der Waals surface area contributed by atoms with Crippen molar-refractivity contribution >= 4 is 27.3 Å². The second-order valence-corrected chi connectivity index (χ2v) is 10.1. The van der Waals surface area contributed by atoms with Gasteiger partial charge in [0.15, 0.2) is 0 Å². The van der Waals surface area contributed by atoms with Crippen LogP contribution in [0.15, 0.2) is 83.8 Å². The van der Waals surface area contributed by atoms with Crippen LogP contribution in [-0.2, 0) is 21.0 Å². The van der Waals surface area contributed by atoms with E-state index in [1.165, 1.54) is 35.2 Å². The second kappa shape index (κ2) is 10.2. The molecule has 0 radical (unpaired) electrons. The first kappa shape index (κ1) is 25.5. The van der Waals surface area contributed by atoms with Gasteiger partial charge in [0.2, 0.25) is 5.91 Å². The van der Waals surface area contributed by atoms with Gasteiger partial charge in [0.25, 0.3) is 10.0 Å². The molecule has 0 bridgehead atoms. The van der Waals surface area contributed by atoms with E-state index in [2.05, 4.69) is 0 Å². The molecule has 3 aromatic rings. The van der Waals surface area contributed by atoms with Gasteiger partial charge in [-0.1, -0.05) is 24.3 Å². The zero-order chi connectivity index (χ0) is 25.9. The number of carbonyl (C=O) groups excluding carboxylic acids is 1. The Hall–Kier alpha value is -3.60. The monoisotopic (exact) mass is 521 g/mol. The lowest BCUT2D eigenvalue weighted by atomic mass is 10.1. The number of hydrogen-bond acceptors (Lipinski definition) is 4. The largest absolute Gasteiger partial charge is 0.416 e. The number of carbonyl (C=O) groups is 1. The summed E-state index contributed by atoms with van der Waals surface area (Å²) >= 11 is 0. The van der Waals surface area contributed by atoms with Gasteiger partial charge in [-0.3, -0.25) is 9.10 Å². The van der Waals surface area contributed by atoms with Crippen LogP contribution < -0.4 is 9.21 Å². The predicted molar refractivity (Wildman–Crippen MR) is 128 cm³/mol. The minimum absolute atomic E-state index is 0.0171. The van der Waals surface area contributed by atoms with Crippen molar-refractivity contribution in [2.75, 3.05) is 41.9 Å². The summed E-state index contributed by atoms with van der Waals surface area (Å²) in [4.78, 5) is 16.3. The van der Waals surface area contributed by atoms with Crippen molar-refractivity contribution in [3.63, 3.8) is 0 Å². The van der Waals surface area contributed by atoms with Crippen molar-refractivity contribution in [1.82, 2.24) is 4.90 Å². The molecule has 0 saturated carbocycles. The molecule has 0 spiro atoms. The Balaban J connectivity index is 1.50. The molecule has 190 valence electrons. The molecule has 1 amide bonds. The number of benzene rings is 3. The molecule has 0 aliphatic carbocycles. The van der Waals surface area contributed by atoms with Crippen molar-refractivity contribution in [1.29, 1.82) is 0 Å². The van der Waals surface area contributed by atoms with Crippen molar-refractivity contribution in [3.05, 3.63) is 90.2 Å². The third-order valence-corrected chi connectivity index (χ3v) is 7.68. The summed E-state index contributed by atoms with van der Waals surface area (Å²) in [6.07, 6.45) is -4.46. The third kappa shape index (κ3) is 5.62. The standard InChI is InChI=1S/C25H23F4N3O3S/c26-20-9-11-21(12-10-20)32(36(34,35)23-7-2-1-3-8-23)18-24(33)31-15-13-30(14-16-31)22-6-4-5-19(17-22)25(27,28)29/h1-12,17H,13-16,18H2. The summed E-state index contributed by atoms with van der Waals surface area (Å²) in [5.74, 6) is -1.02. The second-order valence-electron chi connectivity index (χ2n) is 8.22. The van der Waals surface area contributed by atoms with Gasteiger partial charge in [-0.05, 0) is 54.6 Å². The number of rotatable bonds is 6. The van der Waals surface area contributed by atoms with Crippen LogP contribution in [0.2, 0.25) is 0 Å². The van der Waals surface area contributed by atoms with Crippen LogP contribution in [0.25, 0.3) is 0 Å². The fourth-order valence-corrected chi connectivity index (χ4v) is 5.39. The summed E-state index contributed by atoms with van der Waals surface area (Å²) in [5.41, 5.74) is -0.215. The number of piperazine rings is 1. The quantitative estimate of drug-likeness (QED) is 0.452. The van der Waals surface area contributed by atoms with E-state index in [1.54, 1.807) is 29.2 Å². The van der Waals surface area contributed by atoms with Gasteiger partial charge in [0, 0.05) is 31.9 Å². The summed E-state index contributed by atoms with van der Waals surface area (Å²) < 4.78 is 80.3. The van der Waals surface area contributed by atoms with Gasteiger partial charge < -0.3 is 9.80 Å². The molecular weight excluding hydrogens is 498 g/mol. The van der Waals surface area contributed by atoms with Gasteiger partial charge in [-0.15, -0.1) is 0 Å². The number of sulfonamides is 1. The molecule has 0 aromatic heterocycles. The highest BCUT2D eigenvalue weighted by Crippen LogP contribution is 2.32. The van der Waals surface area contributed by atoms with Crippen LogP contribution in [0.3, 0.4) is 0 Å². The van der Waals surface area contributed by atoms with Gasteiger partial charge in [0.05, 0.1) is 16.1 Å². The maximum absolute atomic E-state index is 13.5. The van der Waals surface area contributed by atoms with Crippen molar-refractivity contribution in [2.45, 2.75) is 11.1 Å². The maximum atomic E-state index is 13.5. The van der Waals surface area contributed by atoms with Gasteiger partial charge in [-0.25, -0.2) is 12.8 Å². The Morgan fingerprint density at radius 1 is 0.861 bits per heavy atom. The normalized spacial score (nSPS) is 14.6. The Kier molecular flexibility index (Phi) is 7.21. The number of amides is 1. The number of anilines is 2. The molecule has 0 N–H and O–H groups in total. The van der Waals surface area contributed by atoms with Crippen LogP contribution in [0, 0.1) is 5.82 Å². The number of alkyl halides is 3. The average molecular weight is 522 g/mol. The van der Waals surface area contributed by atoms with E-state index in [0.29, 0.717) is 5.69 Å². The molecule has 6 nitrogen and oxygen atoms in total. The number of halogens is 4. The minimum Gasteiger partial charge on any atom is -0.368 e. The summed E-state index contributed by atoms with van der Waals surface area (Å²) in [6.45, 7) is 0.478. The Bertz CT molecular complexity index is 1310. The zero-order valence-corrected chi connectivity index (χ0v) is 19.8. The van der Waals surface area contributed by atoms with Crippen LogP contribution in [0.4, 0.5) is 28.9 Å². The topological polar surface area (TPSA) is 60.9 Å². The van der Waals surface area contributed by atoms with Gasteiger partial charge in [0.1, 0.15) is 12.4 Å². The van der Waals surface area contributed by atoms with E-state index in [9.17, 15) is 30.8 Å². The smallest absolute Gasteiger partial charge is 0.368 e. The van der Waals surface area contributed by atoms with E-state index in [-0.39, 0.29) is 36.8 Å². The molecule has 1 aliphatic rings. The van der Waals surface area contributed by atoms with Crippen LogP contribution in [0.1, 0.15) is 5.56 Å². The van der Waals surface area contributed by atoms with E-state index >= 15 is 0 Å². The Morgan fingerprint density at radius 3 is 2.11 bits per heavy atom. The molecule has 3 aromatic carbocycles. The molecule has 1 heterocycles. The minimum atomic E-state index is -4.46. The highest BCUT2D eigenvalue weighted by atomic mass is 32.2. The first-order valence-corrected chi connectivity index (χ1v) is 12.5. The van der Waals surface area contributed by atoms with E-state index in [1.807, 2.05) is 0 Å². The molecule has 0 unspecified atom stereocenters. The van der Waals surface area contributed by atoms with Crippen molar-refractivity contribution in [3.8, 4) is 0 Å². The molecule has 4 rings (SSSR count). The van der Waals surface area contributed by atoms with Crippen molar-refractivity contribution < 1.29 is 30.8 Å². The Morgan fingerprint density at radius 2 is 1.50 bits per heavy atom. The maximum Gasteiger partial charge on any atom is 0.416 e. The SMILES string of the molecule is O=C(CN(c1ccc(F)cc1)S(=O)(=O)c1ccccc1)N1CCN(c2cccc(C(F)(F)F)c2)CC1. The zero-order valence-electron chi connectivity index (χ0n) is 19.0. The summed E-state index contributed by atoms with van der Waals surface area (Å²) in [5, 5.41) is 0. The van der Waals surface area contributed by atoms with Crippen molar-refractivity contribution in [2.24, 2.45) is 0 Å². The van der Waals surface area contributed by atoms with E-state index in [4.69, 9.17) is 0 Å². The first-order chi connectivity index (χ1) is 17.1. The summed E-state index contributed by atoms with van der Waals surface area (Å²) in [7, 11) is -4.13. The average Bonchev–Trinajstić information content (AvgIpc) is 2.88. The van der Waals surface area contributed by atoms with E-state index < -0.39 is 40.0 Å². The Labute approximate surface area is 206 Å². The van der Waals surface area contributed by atoms with E-state index in [0.717, 1.165) is 28.6 Å². The van der Waals surface area contributed by atoms with Crippen LogP contribution in [0.5, 0.6) is 0 Å². The molecule has 1 fully saturated rings. The highest BCUT2D eigenvalue weighted by Gasteiger charge is 2.32. The lowest BCUT2D eigenvalue weighted by Crippen LogP contribution is -2.52. The number of nitrogens with zero attached hydrogens (tertiary/aromatic N) is 3. The molecule has 11 heteroatoms. The first-order valence-electron chi connectivity index (χ1n) is 11.1.